The molecule has 3 rings (SSSR count). The van der Waals surface area contributed by atoms with E-state index in [0.29, 0.717) is 0 Å². The fourth-order valence-corrected chi connectivity index (χ4v) is 4.24. The highest BCUT2D eigenvalue weighted by Gasteiger charge is 2.56. The molecule has 1 aliphatic carbocycles. The van der Waals surface area contributed by atoms with Crippen molar-refractivity contribution in [3.05, 3.63) is 59.7 Å². The molecule has 2 aromatic rings. The monoisotopic (exact) mass is 616 g/mol. The van der Waals surface area contributed by atoms with Crippen molar-refractivity contribution in [3.63, 3.8) is 0 Å². The van der Waals surface area contributed by atoms with Crippen molar-refractivity contribution in [2.24, 2.45) is 0 Å². The highest BCUT2D eigenvalue weighted by atomic mass is 16.6. The summed E-state index contributed by atoms with van der Waals surface area (Å²) >= 11 is 0. The van der Waals surface area contributed by atoms with Gasteiger partial charge in [0.25, 0.3) is 0 Å². The number of ether oxygens (including phenoxy) is 3. The summed E-state index contributed by atoms with van der Waals surface area (Å²) in [5, 5.41) is 67.8. The van der Waals surface area contributed by atoms with E-state index in [1.165, 1.54) is 18.2 Å². The largest absolute Gasteiger partial charge is 0.504 e. The maximum absolute atomic E-state index is 12.7. The first-order valence-electron chi connectivity index (χ1n) is 12.9. The summed E-state index contributed by atoms with van der Waals surface area (Å²) in [5.41, 5.74) is -2.00. The Hall–Kier alpha value is -5.57. The molecule has 2 aromatic carbocycles. The molecule has 0 aromatic heterocycles. The smallest absolute Gasteiger partial charge is 0.348 e. The molecule has 0 bridgehead atoms. The predicted octanol–water partition coefficient (Wildman–Crippen LogP) is 1.45. The number of carboxylic acid groups (broad SMARTS) is 2. The van der Waals surface area contributed by atoms with Gasteiger partial charge in [0.05, 0.1) is 18.9 Å². The summed E-state index contributed by atoms with van der Waals surface area (Å²) < 4.78 is 15.7. The molecule has 0 aliphatic heterocycles. The number of esters is 3. The van der Waals surface area contributed by atoms with Crippen LogP contribution in [0.1, 0.15) is 36.8 Å². The lowest BCUT2D eigenvalue weighted by molar-refractivity contribution is -0.214. The lowest BCUT2D eigenvalue weighted by Gasteiger charge is -2.42. The molecule has 4 unspecified atom stereocenters. The predicted molar refractivity (Wildman–Crippen MR) is 146 cm³/mol. The van der Waals surface area contributed by atoms with Crippen LogP contribution in [-0.2, 0) is 38.2 Å². The number of hydrogen-bond acceptors (Lipinski definition) is 13. The van der Waals surface area contributed by atoms with Crippen LogP contribution in [0.4, 0.5) is 0 Å². The van der Waals surface area contributed by atoms with Gasteiger partial charge in [0.2, 0.25) is 5.60 Å². The number of aliphatic carboxylic acids is 2. The van der Waals surface area contributed by atoms with E-state index >= 15 is 0 Å². The number of aliphatic hydroxyl groups is 1. The van der Waals surface area contributed by atoms with Crippen molar-refractivity contribution in [3.8, 4) is 23.0 Å². The van der Waals surface area contributed by atoms with E-state index in [-0.39, 0.29) is 11.1 Å². The Balaban J connectivity index is 1.85. The quantitative estimate of drug-likeness (QED) is 0.0816. The van der Waals surface area contributed by atoms with Crippen LogP contribution >= 0.6 is 0 Å². The Morgan fingerprint density at radius 2 is 1.30 bits per heavy atom. The molecule has 15 nitrogen and oxygen atoms in total. The van der Waals surface area contributed by atoms with Gasteiger partial charge in [-0.25, -0.2) is 14.4 Å². The topological polar surface area (TPSA) is 255 Å². The van der Waals surface area contributed by atoms with Crippen molar-refractivity contribution in [1.82, 2.24) is 0 Å². The summed E-state index contributed by atoms with van der Waals surface area (Å²) in [6, 6.07) is 7.21. The molecule has 234 valence electrons. The Bertz CT molecular complexity index is 1490. The van der Waals surface area contributed by atoms with E-state index < -0.39 is 102 Å². The second-order valence-corrected chi connectivity index (χ2v) is 9.68. The Labute approximate surface area is 248 Å². The Morgan fingerprint density at radius 3 is 1.80 bits per heavy atom. The normalized spacial score (nSPS) is 21.5. The zero-order chi connectivity index (χ0) is 32.6. The van der Waals surface area contributed by atoms with Gasteiger partial charge in [-0.05, 0) is 47.5 Å². The van der Waals surface area contributed by atoms with Crippen LogP contribution in [0.25, 0.3) is 12.2 Å². The zero-order valence-corrected chi connectivity index (χ0v) is 22.7. The SMILES string of the molecule is O=C(O)CCC(=O)OC1C(O)CC(OC(=O)C=Cc2ccc(O)c(O)c2)(C(=O)O)CC1OC(=O)C=Cc1ccc(O)c(O)c1. The fraction of sp³-hybridized carbons (Fsp3) is 0.276. The van der Waals surface area contributed by atoms with Gasteiger partial charge in [-0.15, -0.1) is 0 Å². The minimum atomic E-state index is -2.49. The molecule has 0 heterocycles. The van der Waals surface area contributed by atoms with Crippen LogP contribution in [0.5, 0.6) is 23.0 Å². The van der Waals surface area contributed by atoms with E-state index in [9.17, 15) is 54.6 Å². The molecule has 0 radical (unpaired) electrons. The summed E-state index contributed by atoms with van der Waals surface area (Å²) in [6.07, 6.45) is -4.08. The van der Waals surface area contributed by atoms with Gasteiger partial charge < -0.3 is 50.0 Å². The number of carboxylic acids is 2. The molecule has 4 atom stereocenters. The molecule has 44 heavy (non-hydrogen) atoms. The number of phenols is 4. The average Bonchev–Trinajstić information content (AvgIpc) is 2.95. The zero-order valence-electron chi connectivity index (χ0n) is 22.7. The van der Waals surface area contributed by atoms with Crippen LogP contribution in [0.3, 0.4) is 0 Å². The second kappa shape index (κ2) is 14.1. The maximum Gasteiger partial charge on any atom is 0.348 e. The van der Waals surface area contributed by atoms with Crippen molar-refractivity contribution < 1.29 is 73.9 Å². The minimum absolute atomic E-state index is 0.235. The van der Waals surface area contributed by atoms with E-state index in [2.05, 4.69) is 0 Å². The first-order valence-corrected chi connectivity index (χ1v) is 12.9. The number of aromatic hydroxyl groups is 4. The first-order chi connectivity index (χ1) is 20.7. The third-order valence-corrected chi connectivity index (χ3v) is 6.40. The number of hydrogen-bond donors (Lipinski definition) is 7. The van der Waals surface area contributed by atoms with Gasteiger partial charge in [-0.2, -0.15) is 0 Å². The van der Waals surface area contributed by atoms with Gasteiger partial charge in [0.15, 0.2) is 29.1 Å². The first kappa shape index (κ1) is 32.9. The van der Waals surface area contributed by atoms with Crippen molar-refractivity contribution in [2.45, 2.75) is 49.6 Å². The van der Waals surface area contributed by atoms with E-state index in [0.717, 1.165) is 42.5 Å². The average molecular weight is 617 g/mol. The number of carbonyl (C=O) groups is 5. The standard InChI is InChI=1S/C29H28O15/c30-17-5-1-15(11-19(17)32)3-8-24(37)42-22-14-29(28(40)41,13-21(34)27(22)43-25(38)10-7-23(35)36)44-26(39)9-4-16-2-6-18(31)20(33)12-16/h1-6,8-9,11-12,21-22,27,30-34H,7,10,13-14H2,(H,35,36)(H,40,41). The third-order valence-electron chi connectivity index (χ3n) is 6.40. The van der Waals surface area contributed by atoms with Crippen molar-refractivity contribution in [2.75, 3.05) is 0 Å². The third kappa shape index (κ3) is 8.72. The van der Waals surface area contributed by atoms with Crippen LogP contribution < -0.4 is 0 Å². The van der Waals surface area contributed by atoms with E-state index in [1.54, 1.807) is 0 Å². The fourth-order valence-electron chi connectivity index (χ4n) is 4.24. The summed E-state index contributed by atoms with van der Waals surface area (Å²) in [5.74, 6) is -8.25. The summed E-state index contributed by atoms with van der Waals surface area (Å²) in [7, 11) is 0. The van der Waals surface area contributed by atoms with Crippen molar-refractivity contribution in [1.29, 1.82) is 0 Å². The lowest BCUT2D eigenvalue weighted by Crippen LogP contribution is -2.59. The van der Waals surface area contributed by atoms with Crippen LogP contribution in [-0.4, -0.2) is 89.5 Å². The number of phenolic OH excluding ortho intramolecular Hbond substituents is 4. The summed E-state index contributed by atoms with van der Waals surface area (Å²) in [6.45, 7) is 0. The highest BCUT2D eigenvalue weighted by molar-refractivity contribution is 5.91. The van der Waals surface area contributed by atoms with E-state index in [4.69, 9.17) is 19.3 Å². The van der Waals surface area contributed by atoms with Crippen LogP contribution in [0.2, 0.25) is 0 Å². The lowest BCUT2D eigenvalue weighted by atomic mass is 9.79. The van der Waals surface area contributed by atoms with E-state index in [1.807, 2.05) is 0 Å². The molecule has 15 heteroatoms. The number of benzene rings is 2. The molecular formula is C29H28O15. The van der Waals surface area contributed by atoms with Gasteiger partial charge in [0, 0.05) is 25.0 Å². The molecule has 0 saturated heterocycles. The number of aliphatic hydroxyl groups excluding tert-OH is 1. The molecule has 0 spiro atoms. The number of carbonyl (C=O) groups excluding carboxylic acids is 3. The minimum Gasteiger partial charge on any atom is -0.504 e. The summed E-state index contributed by atoms with van der Waals surface area (Å²) in [4.78, 5) is 60.8. The molecule has 7 N–H and O–H groups in total. The molecule has 1 fully saturated rings. The van der Waals surface area contributed by atoms with Gasteiger partial charge >= 0.3 is 29.8 Å². The Morgan fingerprint density at radius 1 is 0.750 bits per heavy atom. The van der Waals surface area contributed by atoms with Gasteiger partial charge in [0.1, 0.15) is 6.10 Å². The Kier molecular flexibility index (Phi) is 10.5. The number of rotatable bonds is 11. The van der Waals surface area contributed by atoms with Gasteiger partial charge in [-0.1, -0.05) is 12.1 Å². The van der Waals surface area contributed by atoms with Crippen LogP contribution in [0.15, 0.2) is 48.6 Å². The van der Waals surface area contributed by atoms with Crippen molar-refractivity contribution >= 4 is 42.0 Å². The van der Waals surface area contributed by atoms with Gasteiger partial charge in [-0.3, -0.25) is 9.59 Å². The highest BCUT2D eigenvalue weighted by Crippen LogP contribution is 2.37. The second-order valence-electron chi connectivity index (χ2n) is 9.68. The van der Waals surface area contributed by atoms with Crippen LogP contribution in [0, 0.1) is 0 Å². The molecule has 0 amide bonds. The molecule has 1 aliphatic rings. The maximum atomic E-state index is 12.7. The molecule has 1 saturated carbocycles. The molecular weight excluding hydrogens is 588 g/mol.